The van der Waals surface area contributed by atoms with E-state index in [0.717, 1.165) is 21.3 Å². The molecular weight excluding hydrogens is 356 g/mol. The summed E-state index contributed by atoms with van der Waals surface area (Å²) >= 11 is 1.46. The van der Waals surface area contributed by atoms with Crippen LogP contribution in [0, 0.1) is 5.82 Å². The molecule has 0 bridgehead atoms. The van der Waals surface area contributed by atoms with Crippen molar-refractivity contribution in [3.8, 4) is 0 Å². The maximum atomic E-state index is 13.2. The van der Waals surface area contributed by atoms with Gasteiger partial charge in [0.2, 0.25) is 5.91 Å². The van der Waals surface area contributed by atoms with Crippen LogP contribution in [-0.2, 0) is 17.4 Å². The van der Waals surface area contributed by atoms with E-state index in [1.54, 1.807) is 0 Å². The van der Waals surface area contributed by atoms with Crippen LogP contribution in [0.2, 0.25) is 0 Å². The molecule has 0 spiro atoms. The molecule has 0 saturated heterocycles. The summed E-state index contributed by atoms with van der Waals surface area (Å²) < 4.78 is 52.3. The van der Waals surface area contributed by atoms with Gasteiger partial charge in [-0.1, -0.05) is 12.1 Å². The van der Waals surface area contributed by atoms with E-state index < -0.39 is 23.5 Å². The van der Waals surface area contributed by atoms with Crippen LogP contribution in [0.4, 0.5) is 23.2 Å². The Hall–Kier alpha value is -2.48. The SMILES string of the molecule is O=C(CCc1nc2ccccc2s1)Nc1ccc(F)c(C(F)(F)F)c1. The standard InChI is InChI=1S/C17H12F4N2OS/c18-12-6-5-10(9-11(12)17(19,20)21)22-15(24)7-8-16-23-13-3-1-2-4-14(13)25-16/h1-6,9H,7-8H2,(H,22,24). The monoisotopic (exact) mass is 368 g/mol. The number of aromatic nitrogens is 1. The van der Waals surface area contributed by atoms with Crippen LogP contribution in [0.15, 0.2) is 42.5 Å². The molecule has 0 radical (unpaired) electrons. The quantitative estimate of drug-likeness (QED) is 0.657. The number of halogens is 4. The summed E-state index contributed by atoms with van der Waals surface area (Å²) in [6, 6.07) is 9.92. The third-order valence-electron chi connectivity index (χ3n) is 3.46. The number of benzene rings is 2. The van der Waals surface area contributed by atoms with Crippen molar-refractivity contribution < 1.29 is 22.4 Å². The van der Waals surface area contributed by atoms with Gasteiger partial charge in [-0.15, -0.1) is 11.3 Å². The molecule has 1 aromatic heterocycles. The lowest BCUT2D eigenvalue weighted by Crippen LogP contribution is -2.14. The van der Waals surface area contributed by atoms with Gasteiger partial charge in [-0.3, -0.25) is 4.79 Å². The van der Waals surface area contributed by atoms with Crippen molar-refractivity contribution in [1.82, 2.24) is 4.98 Å². The minimum Gasteiger partial charge on any atom is -0.326 e. The zero-order chi connectivity index (χ0) is 18.0. The molecule has 1 amide bonds. The number of nitrogens with one attached hydrogen (secondary N) is 1. The minimum absolute atomic E-state index is 0.0680. The molecule has 3 aromatic rings. The van der Waals surface area contributed by atoms with E-state index in [1.807, 2.05) is 24.3 Å². The summed E-state index contributed by atoms with van der Waals surface area (Å²) in [5.41, 5.74) is -0.657. The highest BCUT2D eigenvalue weighted by Gasteiger charge is 2.34. The van der Waals surface area contributed by atoms with Gasteiger partial charge in [-0.2, -0.15) is 13.2 Å². The Morgan fingerprint density at radius 2 is 1.92 bits per heavy atom. The number of aryl methyl sites for hydroxylation is 1. The van der Waals surface area contributed by atoms with E-state index in [0.29, 0.717) is 18.6 Å². The molecule has 1 heterocycles. The summed E-state index contributed by atoms with van der Waals surface area (Å²) in [6.45, 7) is 0. The van der Waals surface area contributed by atoms with Gasteiger partial charge in [-0.25, -0.2) is 9.37 Å². The van der Waals surface area contributed by atoms with Crippen LogP contribution >= 0.6 is 11.3 Å². The maximum Gasteiger partial charge on any atom is 0.419 e. The Bertz CT molecular complexity index is 887. The lowest BCUT2D eigenvalue weighted by atomic mass is 10.1. The number of anilines is 1. The number of thiazole rings is 1. The minimum atomic E-state index is -4.81. The highest BCUT2D eigenvalue weighted by atomic mass is 32.1. The van der Waals surface area contributed by atoms with Crippen LogP contribution in [0.25, 0.3) is 10.2 Å². The first-order chi connectivity index (χ1) is 11.8. The number of hydrogen-bond acceptors (Lipinski definition) is 3. The van der Waals surface area contributed by atoms with Crippen molar-refractivity contribution in [3.63, 3.8) is 0 Å². The summed E-state index contributed by atoms with van der Waals surface area (Å²) in [5, 5.41) is 3.13. The number of hydrogen-bond donors (Lipinski definition) is 1. The lowest BCUT2D eigenvalue weighted by Gasteiger charge is -2.10. The van der Waals surface area contributed by atoms with E-state index in [4.69, 9.17) is 0 Å². The fourth-order valence-electron chi connectivity index (χ4n) is 2.29. The first kappa shape index (κ1) is 17.3. The van der Waals surface area contributed by atoms with Crippen molar-refractivity contribution in [2.75, 3.05) is 5.32 Å². The zero-order valence-corrected chi connectivity index (χ0v) is 13.5. The summed E-state index contributed by atoms with van der Waals surface area (Å²) in [6.07, 6.45) is -4.37. The topological polar surface area (TPSA) is 42.0 Å². The van der Waals surface area contributed by atoms with E-state index in [9.17, 15) is 22.4 Å². The number of rotatable bonds is 4. The predicted molar refractivity (Wildman–Crippen MR) is 88.0 cm³/mol. The van der Waals surface area contributed by atoms with E-state index in [-0.39, 0.29) is 12.1 Å². The van der Waals surface area contributed by atoms with Crippen molar-refractivity contribution in [1.29, 1.82) is 0 Å². The molecule has 0 unspecified atom stereocenters. The molecule has 0 aliphatic carbocycles. The van der Waals surface area contributed by atoms with Gasteiger partial charge in [0, 0.05) is 18.5 Å². The Kier molecular flexibility index (Phi) is 4.71. The maximum absolute atomic E-state index is 13.2. The molecule has 2 aromatic carbocycles. The van der Waals surface area contributed by atoms with E-state index in [2.05, 4.69) is 10.3 Å². The van der Waals surface area contributed by atoms with Gasteiger partial charge in [0.25, 0.3) is 0 Å². The second-order valence-electron chi connectivity index (χ2n) is 5.32. The molecule has 130 valence electrons. The van der Waals surface area contributed by atoms with Gasteiger partial charge in [-0.05, 0) is 30.3 Å². The van der Waals surface area contributed by atoms with Gasteiger partial charge in [0.05, 0.1) is 20.8 Å². The Balaban J connectivity index is 1.64. The van der Waals surface area contributed by atoms with E-state index >= 15 is 0 Å². The molecule has 0 aliphatic rings. The Labute approximate surface area is 144 Å². The van der Waals surface area contributed by atoms with E-state index in [1.165, 1.54) is 11.3 Å². The number of carbonyl (C=O) groups excluding carboxylic acids is 1. The Morgan fingerprint density at radius 3 is 2.64 bits per heavy atom. The Morgan fingerprint density at radius 1 is 1.16 bits per heavy atom. The van der Waals surface area contributed by atoms with Gasteiger partial charge in [0.15, 0.2) is 0 Å². The highest BCUT2D eigenvalue weighted by Crippen LogP contribution is 2.33. The number of alkyl halides is 3. The number of amides is 1. The first-order valence-electron chi connectivity index (χ1n) is 7.34. The van der Waals surface area contributed by atoms with Crippen molar-refractivity contribution in [2.45, 2.75) is 19.0 Å². The highest BCUT2D eigenvalue weighted by molar-refractivity contribution is 7.18. The largest absolute Gasteiger partial charge is 0.419 e. The molecule has 25 heavy (non-hydrogen) atoms. The van der Waals surface area contributed by atoms with Crippen LogP contribution in [0.5, 0.6) is 0 Å². The van der Waals surface area contributed by atoms with Crippen molar-refractivity contribution in [2.24, 2.45) is 0 Å². The molecule has 0 saturated carbocycles. The fourth-order valence-corrected chi connectivity index (χ4v) is 3.26. The number of carbonyl (C=O) groups is 1. The van der Waals surface area contributed by atoms with Crippen molar-refractivity contribution >= 4 is 33.1 Å². The predicted octanol–water partition coefficient (Wildman–Crippen LogP) is 5.03. The fraction of sp³-hybridized carbons (Fsp3) is 0.176. The molecule has 3 nitrogen and oxygen atoms in total. The van der Waals surface area contributed by atoms with Crippen molar-refractivity contribution in [3.05, 3.63) is 58.9 Å². The summed E-state index contributed by atoms with van der Waals surface area (Å²) in [7, 11) is 0. The van der Waals surface area contributed by atoms with Gasteiger partial charge in [0.1, 0.15) is 5.82 Å². The summed E-state index contributed by atoms with van der Waals surface area (Å²) in [5.74, 6) is -1.83. The molecule has 0 fully saturated rings. The first-order valence-corrected chi connectivity index (χ1v) is 8.15. The number of nitrogens with zero attached hydrogens (tertiary/aromatic N) is 1. The summed E-state index contributed by atoms with van der Waals surface area (Å²) in [4.78, 5) is 16.3. The lowest BCUT2D eigenvalue weighted by molar-refractivity contribution is -0.140. The molecule has 0 aliphatic heterocycles. The smallest absolute Gasteiger partial charge is 0.326 e. The van der Waals surface area contributed by atoms with Crippen LogP contribution in [0.3, 0.4) is 0 Å². The molecule has 0 atom stereocenters. The van der Waals surface area contributed by atoms with Crippen LogP contribution in [-0.4, -0.2) is 10.9 Å². The average molecular weight is 368 g/mol. The van der Waals surface area contributed by atoms with Crippen LogP contribution in [0.1, 0.15) is 17.0 Å². The average Bonchev–Trinajstić information content (AvgIpc) is 2.96. The van der Waals surface area contributed by atoms with Crippen LogP contribution < -0.4 is 5.32 Å². The third-order valence-corrected chi connectivity index (χ3v) is 4.56. The molecule has 3 rings (SSSR count). The van der Waals surface area contributed by atoms with Gasteiger partial charge < -0.3 is 5.32 Å². The molecule has 8 heteroatoms. The zero-order valence-electron chi connectivity index (χ0n) is 12.7. The second-order valence-corrected chi connectivity index (χ2v) is 6.43. The number of para-hydroxylation sites is 1. The third kappa shape index (κ3) is 4.14. The normalized spacial score (nSPS) is 11.7. The van der Waals surface area contributed by atoms with Gasteiger partial charge >= 0.3 is 6.18 Å². The number of fused-ring (bicyclic) bond motifs is 1. The molecule has 1 N–H and O–H groups in total. The second kappa shape index (κ2) is 6.79. The molecular formula is C17H12F4N2OS.